The van der Waals surface area contributed by atoms with Crippen LogP contribution >= 0.6 is 0 Å². The van der Waals surface area contributed by atoms with E-state index in [9.17, 15) is 15.3 Å². The van der Waals surface area contributed by atoms with Gasteiger partial charge >= 0.3 is 0 Å². The molecule has 4 nitrogen and oxygen atoms in total. The van der Waals surface area contributed by atoms with Crippen LogP contribution in [0, 0.1) is 22.7 Å². The van der Waals surface area contributed by atoms with Crippen LogP contribution in [-0.4, -0.2) is 38.7 Å². The highest BCUT2D eigenvalue weighted by Gasteiger charge is 2.64. The lowest BCUT2D eigenvalue weighted by Crippen LogP contribution is -2.60. The summed E-state index contributed by atoms with van der Waals surface area (Å²) in [6.45, 7) is 13.0. The highest BCUT2D eigenvalue weighted by atomic mass is 16.3. The molecule has 4 heteroatoms. The maximum Gasteiger partial charge on any atom is 0.0627 e. The number of hydrogen-bond acceptors (Lipinski definition) is 4. The predicted octanol–water partition coefficient (Wildman–Crippen LogP) is 5.26. The summed E-state index contributed by atoms with van der Waals surface area (Å²) in [6.07, 6.45) is 13.2. The van der Waals surface area contributed by atoms with Gasteiger partial charge in [0.1, 0.15) is 0 Å². The van der Waals surface area contributed by atoms with Crippen molar-refractivity contribution < 1.29 is 15.3 Å². The molecule has 0 aliphatic heterocycles. The molecular formula is C28H49NO3. The molecule has 3 aliphatic rings. The molecule has 0 spiro atoms. The Kier molecular flexibility index (Phi) is 7.43. The first-order valence-corrected chi connectivity index (χ1v) is 13.0. The quantitative estimate of drug-likeness (QED) is 0.447. The van der Waals surface area contributed by atoms with Gasteiger partial charge in [-0.15, -0.1) is 0 Å². The van der Waals surface area contributed by atoms with Crippen molar-refractivity contribution in [2.75, 3.05) is 0 Å². The van der Waals surface area contributed by atoms with Gasteiger partial charge in [-0.1, -0.05) is 57.4 Å². The highest BCUT2D eigenvalue weighted by Crippen LogP contribution is 2.67. The van der Waals surface area contributed by atoms with Crippen molar-refractivity contribution in [1.29, 1.82) is 0 Å². The molecule has 3 rings (SSSR count). The fourth-order valence-electron chi connectivity index (χ4n) is 7.31. The molecule has 0 saturated heterocycles. The number of hydrogen-bond donors (Lipinski definition) is 4. The smallest absolute Gasteiger partial charge is 0.0627 e. The molecule has 5 N–H and O–H groups in total. The first kappa shape index (κ1) is 25.9. The van der Waals surface area contributed by atoms with Crippen molar-refractivity contribution in [2.24, 2.45) is 28.4 Å². The topological polar surface area (TPSA) is 86.7 Å². The molecule has 0 radical (unpaired) electrons. The van der Waals surface area contributed by atoms with Crippen molar-refractivity contribution in [2.45, 2.75) is 129 Å². The normalized spacial score (nSPS) is 44.1. The van der Waals surface area contributed by atoms with Crippen LogP contribution in [0.3, 0.4) is 0 Å². The Morgan fingerprint density at radius 1 is 1.16 bits per heavy atom. The van der Waals surface area contributed by atoms with Crippen LogP contribution in [0.25, 0.3) is 0 Å². The fraction of sp³-hybridized carbons (Fsp3) is 0.857. The number of rotatable bonds is 6. The minimum atomic E-state index is -0.610. The van der Waals surface area contributed by atoms with Gasteiger partial charge in [-0.3, -0.25) is 0 Å². The number of aliphatic hydroxyl groups is 3. The molecule has 184 valence electrons. The van der Waals surface area contributed by atoms with Crippen molar-refractivity contribution in [3.05, 3.63) is 23.3 Å². The predicted molar refractivity (Wildman–Crippen MR) is 132 cm³/mol. The Balaban J connectivity index is 1.83. The highest BCUT2D eigenvalue weighted by molar-refractivity contribution is 5.34. The SMILES string of the molecule is CC1/C(=C\C=C2/CCC[C@@]3(C)C2(C)CC[C@]3(N)[C@H](C)CCCC(C)(C)O)C[C@@H](O)C[C@@H]1O. The second-order valence-electron chi connectivity index (χ2n) is 12.5. The molecule has 0 heterocycles. The average molecular weight is 448 g/mol. The molecule has 32 heavy (non-hydrogen) atoms. The summed E-state index contributed by atoms with van der Waals surface area (Å²) in [4.78, 5) is 0. The Morgan fingerprint density at radius 3 is 2.50 bits per heavy atom. The zero-order valence-corrected chi connectivity index (χ0v) is 21.5. The van der Waals surface area contributed by atoms with Gasteiger partial charge in [-0.05, 0) is 82.0 Å². The van der Waals surface area contributed by atoms with Crippen LogP contribution in [0.4, 0.5) is 0 Å². The van der Waals surface area contributed by atoms with E-state index < -0.39 is 17.8 Å². The molecule has 0 amide bonds. The third kappa shape index (κ3) is 4.62. The van der Waals surface area contributed by atoms with Crippen molar-refractivity contribution in [3.63, 3.8) is 0 Å². The minimum Gasteiger partial charge on any atom is -0.393 e. The zero-order chi connectivity index (χ0) is 23.9. The van der Waals surface area contributed by atoms with E-state index in [1.54, 1.807) is 0 Å². The monoisotopic (exact) mass is 447 g/mol. The third-order valence-corrected chi connectivity index (χ3v) is 10.1. The second kappa shape index (κ2) is 9.17. The minimum absolute atomic E-state index is 0.0496. The van der Waals surface area contributed by atoms with Gasteiger partial charge < -0.3 is 21.1 Å². The molecular weight excluding hydrogens is 398 g/mol. The van der Waals surface area contributed by atoms with Gasteiger partial charge in [0.25, 0.3) is 0 Å². The van der Waals surface area contributed by atoms with E-state index in [0.29, 0.717) is 18.8 Å². The van der Waals surface area contributed by atoms with Crippen molar-refractivity contribution in [1.82, 2.24) is 0 Å². The maximum atomic E-state index is 10.3. The van der Waals surface area contributed by atoms with E-state index >= 15 is 0 Å². The van der Waals surface area contributed by atoms with E-state index in [4.69, 9.17) is 5.73 Å². The molecule has 0 aromatic rings. The van der Waals surface area contributed by atoms with E-state index in [1.165, 1.54) is 5.57 Å². The van der Waals surface area contributed by atoms with Gasteiger partial charge in [-0.2, -0.15) is 0 Å². The number of aliphatic hydroxyl groups excluding tert-OH is 2. The van der Waals surface area contributed by atoms with Crippen LogP contribution in [0.5, 0.6) is 0 Å². The summed E-state index contributed by atoms with van der Waals surface area (Å²) in [6, 6.07) is 0. The molecule has 0 aromatic carbocycles. The molecule has 3 fully saturated rings. The Bertz CT molecular complexity index is 737. The Morgan fingerprint density at radius 2 is 1.84 bits per heavy atom. The van der Waals surface area contributed by atoms with Gasteiger partial charge in [-0.25, -0.2) is 0 Å². The Hall–Kier alpha value is -0.680. The lowest BCUT2D eigenvalue weighted by molar-refractivity contribution is 0.00888. The third-order valence-electron chi connectivity index (χ3n) is 10.1. The van der Waals surface area contributed by atoms with Crippen molar-refractivity contribution in [3.8, 4) is 0 Å². The number of nitrogens with two attached hydrogens (primary N) is 1. The van der Waals surface area contributed by atoms with Gasteiger partial charge in [0.2, 0.25) is 0 Å². The molecule has 3 aliphatic carbocycles. The van der Waals surface area contributed by atoms with Crippen LogP contribution in [0.15, 0.2) is 23.3 Å². The summed E-state index contributed by atoms with van der Waals surface area (Å²) in [5.41, 5.74) is 9.30. The molecule has 2 unspecified atom stereocenters. The first-order valence-electron chi connectivity index (χ1n) is 13.0. The lowest BCUT2D eigenvalue weighted by Gasteiger charge is -2.56. The summed E-state index contributed by atoms with van der Waals surface area (Å²) in [5.74, 6) is 0.518. The summed E-state index contributed by atoms with van der Waals surface area (Å²) in [5, 5.41) is 30.6. The van der Waals surface area contributed by atoms with Crippen LogP contribution in [-0.2, 0) is 0 Å². The Labute approximate surface area is 196 Å². The second-order valence-corrected chi connectivity index (χ2v) is 12.5. The van der Waals surface area contributed by atoms with E-state index in [1.807, 2.05) is 13.8 Å². The summed E-state index contributed by atoms with van der Waals surface area (Å²) in [7, 11) is 0. The number of allylic oxidation sites excluding steroid dienone is 3. The van der Waals surface area contributed by atoms with Crippen LogP contribution < -0.4 is 5.73 Å². The summed E-state index contributed by atoms with van der Waals surface area (Å²) >= 11 is 0. The fourth-order valence-corrected chi connectivity index (χ4v) is 7.31. The van der Waals surface area contributed by atoms with E-state index in [0.717, 1.165) is 56.9 Å². The molecule has 0 aromatic heterocycles. The lowest BCUT2D eigenvalue weighted by atomic mass is 9.51. The molecule has 3 saturated carbocycles. The summed E-state index contributed by atoms with van der Waals surface area (Å²) < 4.78 is 0. The van der Waals surface area contributed by atoms with E-state index in [2.05, 4.69) is 39.8 Å². The maximum absolute atomic E-state index is 10.3. The van der Waals surface area contributed by atoms with Crippen LogP contribution in [0.1, 0.15) is 106 Å². The van der Waals surface area contributed by atoms with Gasteiger partial charge in [0, 0.05) is 17.9 Å². The standard InChI is InChI=1S/C28H49NO3/c1-19(9-7-13-25(3,4)32)28(29)16-15-26(5)22(10-8-14-27(26,28)6)12-11-21-17-23(30)18-24(31)20(21)2/h11-12,19-20,23-24,30-32H,7-10,13-18,29H2,1-6H3/b21-11-,22-12+/t19-,20?,23-,24+,26?,27+,28+/m1/s1. The van der Waals surface area contributed by atoms with Gasteiger partial charge in [0.15, 0.2) is 0 Å². The molecule has 7 atom stereocenters. The zero-order valence-electron chi connectivity index (χ0n) is 21.5. The number of fused-ring (bicyclic) bond motifs is 1. The average Bonchev–Trinajstić information content (AvgIpc) is 2.91. The van der Waals surface area contributed by atoms with Gasteiger partial charge in [0.05, 0.1) is 17.8 Å². The van der Waals surface area contributed by atoms with Crippen LogP contribution in [0.2, 0.25) is 0 Å². The van der Waals surface area contributed by atoms with E-state index in [-0.39, 0.29) is 22.3 Å². The van der Waals surface area contributed by atoms with Crippen molar-refractivity contribution >= 4 is 0 Å². The largest absolute Gasteiger partial charge is 0.393 e. The first-order chi connectivity index (χ1) is 14.7. The molecule has 0 bridgehead atoms.